The highest BCUT2D eigenvalue weighted by atomic mass is 16.6. The average Bonchev–Trinajstić information content (AvgIpc) is 4.15. The molecule has 8 nitrogen and oxygen atoms in total. The molecule has 7 bridgehead atoms. The summed E-state index contributed by atoms with van der Waals surface area (Å²) >= 11 is 0. The van der Waals surface area contributed by atoms with Crippen molar-refractivity contribution in [2.75, 3.05) is 19.6 Å². The molecule has 15 aliphatic rings. The molecule has 0 amide bonds. The van der Waals surface area contributed by atoms with Crippen molar-refractivity contribution in [2.45, 2.75) is 191 Å². The first-order chi connectivity index (χ1) is 34.7. The molecular formula is C63H81N3O5. The monoisotopic (exact) mass is 960 g/mol. The minimum absolute atomic E-state index is 0.111. The van der Waals surface area contributed by atoms with Gasteiger partial charge in [-0.05, 0) is 192 Å². The SMILES string of the molecule is CC1CC2=C3C4C5=C6C(C=CC(C7CCCCC7)CC7C68C(=O)OC(=C(O)C6CCC9C%10CC(CN9C6C6CCCC9(CCCC9)C6)C(CC2)N3C%10)C8(CC5)C72OC(=O)c3c(CCCN)cccc32)CC14. The fourth-order valence-electron chi connectivity index (χ4n) is 23.0. The molecule has 16 unspecified atom stereocenters. The maximum atomic E-state index is 16.7. The predicted octanol–water partition coefficient (Wildman–Crippen LogP) is 12.0. The van der Waals surface area contributed by atoms with Gasteiger partial charge in [-0.15, -0.1) is 0 Å². The number of rotatable bonds is 5. The standard InChI is InChI=1S/C63H81N3O5/c1-35-28-40-18-20-48-42-29-43-34-66(48)55(40)52-44-22-26-61-57(56(67)45-19-21-49(43)65(33-42)54(45)41-13-8-25-60(32-41)23-5-6-24-60)70-59(69)62(61)50(63(61)47-15-7-12-37(14-9-27-64)51(47)58(68)71-63)31-38(36-10-3-2-4-11-36)16-17-39(53(44)62)30-46(35)52/h7,12,15-17,35-36,38-39,41-43,45-46,48-50,52,54,67H,2-6,8-11,13-14,18-34,64H2,1H3. The summed E-state index contributed by atoms with van der Waals surface area (Å²) in [4.78, 5) is 38.1. The summed E-state index contributed by atoms with van der Waals surface area (Å²) in [7, 11) is 0. The lowest BCUT2D eigenvalue weighted by Crippen LogP contribution is -2.78. The summed E-state index contributed by atoms with van der Waals surface area (Å²) in [6.07, 6.45) is 34.0. The second-order valence-electron chi connectivity index (χ2n) is 27.5. The van der Waals surface area contributed by atoms with Crippen molar-refractivity contribution in [3.8, 4) is 0 Å². The number of fused-ring (bicyclic) bond motifs is 8. The van der Waals surface area contributed by atoms with Crippen molar-refractivity contribution in [1.29, 1.82) is 0 Å². The third-order valence-electron chi connectivity index (χ3n) is 25.2. The van der Waals surface area contributed by atoms with E-state index >= 15 is 9.59 Å². The number of hydrogen-bond acceptors (Lipinski definition) is 8. The van der Waals surface area contributed by atoms with Gasteiger partial charge >= 0.3 is 11.9 Å². The van der Waals surface area contributed by atoms with Crippen LogP contribution in [0.4, 0.5) is 0 Å². The van der Waals surface area contributed by atoms with E-state index in [0.29, 0.717) is 95.4 Å². The fourth-order valence-corrected chi connectivity index (χ4v) is 23.0. The number of esters is 2. The molecule has 71 heavy (non-hydrogen) atoms. The summed E-state index contributed by atoms with van der Waals surface area (Å²) < 4.78 is 14.9. The maximum absolute atomic E-state index is 16.7. The molecule has 16 rings (SSSR count). The van der Waals surface area contributed by atoms with E-state index in [0.717, 1.165) is 56.2 Å². The number of ether oxygens (including phenoxy) is 2. The van der Waals surface area contributed by atoms with E-state index in [9.17, 15) is 5.11 Å². The van der Waals surface area contributed by atoms with Gasteiger partial charge in [0.05, 0.1) is 11.0 Å². The van der Waals surface area contributed by atoms with Gasteiger partial charge in [-0.25, -0.2) is 4.79 Å². The number of carbonyl (C=O) groups is 2. The van der Waals surface area contributed by atoms with Crippen LogP contribution >= 0.6 is 0 Å². The third-order valence-corrected chi connectivity index (χ3v) is 25.2. The molecule has 8 aliphatic carbocycles. The van der Waals surface area contributed by atoms with Gasteiger partial charge in [-0.2, -0.15) is 0 Å². The van der Waals surface area contributed by atoms with Crippen LogP contribution in [0.1, 0.15) is 183 Å². The van der Waals surface area contributed by atoms with Crippen LogP contribution in [0.15, 0.2) is 64.3 Å². The summed E-state index contributed by atoms with van der Waals surface area (Å²) in [5.41, 5.74) is 12.5. The Kier molecular flexibility index (Phi) is 9.53. The van der Waals surface area contributed by atoms with Crippen molar-refractivity contribution in [1.82, 2.24) is 9.80 Å². The minimum Gasteiger partial charge on any atom is -0.508 e. The lowest BCUT2D eigenvalue weighted by molar-refractivity contribution is -0.282. The van der Waals surface area contributed by atoms with Crippen LogP contribution in [-0.4, -0.2) is 64.6 Å². The Hall–Kier alpha value is -3.36. The number of hydrogen-bond donors (Lipinski definition) is 2. The van der Waals surface area contributed by atoms with Crippen molar-refractivity contribution in [3.05, 3.63) is 81.0 Å². The van der Waals surface area contributed by atoms with Crippen LogP contribution in [0.3, 0.4) is 0 Å². The average molecular weight is 960 g/mol. The molecule has 0 radical (unpaired) electrons. The molecular weight excluding hydrogens is 879 g/mol. The van der Waals surface area contributed by atoms with Crippen LogP contribution in [0.25, 0.3) is 0 Å². The summed E-state index contributed by atoms with van der Waals surface area (Å²) in [6.45, 7) is 5.43. The Balaban J connectivity index is 0.988. The first-order valence-electron chi connectivity index (χ1n) is 30.1. The molecule has 4 saturated heterocycles. The molecule has 378 valence electrons. The van der Waals surface area contributed by atoms with Gasteiger partial charge in [0.25, 0.3) is 0 Å². The molecule has 4 spiro atoms. The molecule has 16 atom stereocenters. The molecule has 4 saturated carbocycles. The Morgan fingerprint density at radius 2 is 1.66 bits per heavy atom. The molecule has 1 aromatic rings. The van der Waals surface area contributed by atoms with Crippen LogP contribution in [0.5, 0.6) is 0 Å². The quantitative estimate of drug-likeness (QED) is 0.222. The van der Waals surface area contributed by atoms with E-state index < -0.39 is 16.4 Å². The van der Waals surface area contributed by atoms with Crippen molar-refractivity contribution in [2.24, 2.45) is 87.1 Å². The van der Waals surface area contributed by atoms with E-state index in [1.54, 1.807) is 16.8 Å². The second-order valence-corrected chi connectivity index (χ2v) is 27.5. The molecule has 7 aliphatic heterocycles. The van der Waals surface area contributed by atoms with E-state index in [-0.39, 0.29) is 41.7 Å². The summed E-state index contributed by atoms with van der Waals surface area (Å²) in [5.74, 6) is 4.18. The van der Waals surface area contributed by atoms with Crippen molar-refractivity contribution in [3.63, 3.8) is 0 Å². The summed E-state index contributed by atoms with van der Waals surface area (Å²) in [5, 5.41) is 14.2. The van der Waals surface area contributed by atoms with Crippen LogP contribution in [-0.2, 0) is 26.3 Å². The van der Waals surface area contributed by atoms with E-state index in [2.05, 4.69) is 47.1 Å². The normalized spacial score (nSPS) is 46.5. The Labute approximate surface area is 423 Å². The number of carbonyl (C=O) groups excluding carboxylic acids is 2. The van der Waals surface area contributed by atoms with Gasteiger partial charge in [0.2, 0.25) is 0 Å². The first kappa shape index (κ1) is 44.0. The zero-order valence-corrected chi connectivity index (χ0v) is 42.8. The molecule has 7 heterocycles. The molecule has 0 aromatic heterocycles. The number of allylic oxidation sites excluding steroid dienone is 4. The Morgan fingerprint density at radius 1 is 0.831 bits per heavy atom. The smallest absolute Gasteiger partial charge is 0.339 e. The number of nitrogens with zero attached hydrogens (tertiary/aromatic N) is 2. The first-order valence-corrected chi connectivity index (χ1v) is 30.1. The highest BCUT2D eigenvalue weighted by molar-refractivity contribution is 6.00. The zero-order chi connectivity index (χ0) is 47.3. The highest BCUT2D eigenvalue weighted by Crippen LogP contribution is 2.88. The highest BCUT2D eigenvalue weighted by Gasteiger charge is 2.94. The number of nitrogens with two attached hydrogens (primary N) is 1. The van der Waals surface area contributed by atoms with Gasteiger partial charge in [0.1, 0.15) is 11.2 Å². The third kappa shape index (κ3) is 5.37. The van der Waals surface area contributed by atoms with Crippen LogP contribution in [0.2, 0.25) is 0 Å². The van der Waals surface area contributed by atoms with Gasteiger partial charge in [-0.1, -0.05) is 86.9 Å². The van der Waals surface area contributed by atoms with E-state index in [1.807, 2.05) is 0 Å². The second kappa shape index (κ2) is 15.4. The van der Waals surface area contributed by atoms with Crippen molar-refractivity contribution < 1.29 is 24.2 Å². The Bertz CT molecular complexity index is 2610. The lowest BCUT2D eigenvalue weighted by Gasteiger charge is -2.73. The van der Waals surface area contributed by atoms with E-state index in [4.69, 9.17) is 15.2 Å². The number of aryl methyl sites for hydroxylation is 1. The van der Waals surface area contributed by atoms with Crippen LogP contribution in [0, 0.1) is 81.3 Å². The van der Waals surface area contributed by atoms with Gasteiger partial charge in [0.15, 0.2) is 11.4 Å². The topological polar surface area (TPSA) is 105 Å². The molecule has 3 N–H and O–H groups in total. The van der Waals surface area contributed by atoms with Crippen LogP contribution < -0.4 is 5.73 Å². The minimum atomic E-state index is -1.13. The number of aliphatic hydroxyl groups excluding tert-OH is 1. The number of benzene rings is 1. The molecule has 8 fully saturated rings. The predicted molar refractivity (Wildman–Crippen MR) is 272 cm³/mol. The van der Waals surface area contributed by atoms with Crippen molar-refractivity contribution >= 4 is 11.9 Å². The van der Waals surface area contributed by atoms with Gasteiger partial charge in [0, 0.05) is 60.2 Å². The fraction of sp³-hybridized carbons (Fsp3) is 0.746. The molecule has 8 heteroatoms. The Morgan fingerprint density at radius 3 is 2.52 bits per heavy atom. The number of aliphatic hydroxyl groups is 1. The lowest BCUT2D eigenvalue weighted by atomic mass is 9.27. The zero-order valence-electron chi connectivity index (χ0n) is 42.8. The molecule has 1 aromatic carbocycles. The largest absolute Gasteiger partial charge is 0.508 e. The maximum Gasteiger partial charge on any atom is 0.339 e. The van der Waals surface area contributed by atoms with Gasteiger partial charge < -0.3 is 25.2 Å². The summed E-state index contributed by atoms with van der Waals surface area (Å²) in [6, 6.07) is 7.78. The number of piperidine rings is 3. The van der Waals surface area contributed by atoms with Gasteiger partial charge in [-0.3, -0.25) is 9.69 Å². The van der Waals surface area contributed by atoms with E-state index in [1.165, 1.54) is 121 Å².